The van der Waals surface area contributed by atoms with E-state index in [-0.39, 0.29) is 24.5 Å². The van der Waals surface area contributed by atoms with Crippen LogP contribution in [0.3, 0.4) is 0 Å². The predicted molar refractivity (Wildman–Crippen MR) is 143 cm³/mol. The lowest BCUT2D eigenvalue weighted by Gasteiger charge is -2.32. The Labute approximate surface area is 216 Å². The molecule has 0 aliphatic carbocycles. The number of nitrogens with zero attached hydrogens (tertiary/aromatic N) is 1. The molecule has 3 aromatic rings. The van der Waals surface area contributed by atoms with E-state index >= 15 is 0 Å². The van der Waals surface area contributed by atoms with E-state index in [2.05, 4.69) is 28.2 Å². The molecule has 0 bridgehead atoms. The van der Waals surface area contributed by atoms with E-state index in [0.29, 0.717) is 18.7 Å². The minimum absolute atomic E-state index is 0.0428. The van der Waals surface area contributed by atoms with Gasteiger partial charge < -0.3 is 15.0 Å². The standard InChI is InChI=1S/C29H33BrN2O3/c1-4-22-15-16-27(25(30)17-22)35-20-28(33)32(19-24-13-9-6-10-14-24)26(29(34)31-21(2)3)18-23-11-7-5-8-12-23/h5-17,21,26H,4,18-20H2,1-3H3,(H,31,34)/t26-/m1/s1. The second kappa shape index (κ2) is 13.1. The minimum atomic E-state index is -0.679. The molecule has 0 spiro atoms. The fraction of sp³-hybridized carbons (Fsp3) is 0.310. The van der Waals surface area contributed by atoms with Crippen molar-refractivity contribution in [3.05, 3.63) is 100 Å². The van der Waals surface area contributed by atoms with Gasteiger partial charge in [0.25, 0.3) is 5.91 Å². The average molecular weight is 537 g/mol. The maximum atomic E-state index is 13.6. The SMILES string of the molecule is CCc1ccc(OCC(=O)N(Cc2ccccc2)[C@H](Cc2ccccc2)C(=O)NC(C)C)c(Br)c1. The number of carbonyl (C=O) groups is 2. The number of carbonyl (C=O) groups excluding carboxylic acids is 2. The normalized spacial score (nSPS) is 11.7. The Balaban J connectivity index is 1.88. The monoisotopic (exact) mass is 536 g/mol. The fourth-order valence-electron chi connectivity index (χ4n) is 3.82. The Bertz CT molecular complexity index is 1100. The van der Waals surface area contributed by atoms with Gasteiger partial charge in [0.05, 0.1) is 4.47 Å². The van der Waals surface area contributed by atoms with E-state index in [1.165, 1.54) is 5.56 Å². The van der Waals surface area contributed by atoms with Crippen LogP contribution >= 0.6 is 15.9 Å². The molecular formula is C29H33BrN2O3. The Hall–Kier alpha value is -3.12. The number of hydrogen-bond donors (Lipinski definition) is 1. The van der Waals surface area contributed by atoms with Crippen molar-refractivity contribution >= 4 is 27.7 Å². The summed E-state index contributed by atoms with van der Waals surface area (Å²) < 4.78 is 6.71. The first-order valence-electron chi connectivity index (χ1n) is 12.0. The predicted octanol–water partition coefficient (Wildman–Crippen LogP) is 5.56. The van der Waals surface area contributed by atoms with E-state index in [9.17, 15) is 9.59 Å². The topological polar surface area (TPSA) is 58.6 Å². The highest BCUT2D eigenvalue weighted by molar-refractivity contribution is 9.10. The summed E-state index contributed by atoms with van der Waals surface area (Å²) in [5.74, 6) is 0.170. The largest absolute Gasteiger partial charge is 0.483 e. The van der Waals surface area contributed by atoms with Crippen LogP contribution in [0, 0.1) is 0 Å². The molecule has 6 heteroatoms. The lowest BCUT2D eigenvalue weighted by Crippen LogP contribution is -2.52. The smallest absolute Gasteiger partial charge is 0.261 e. The van der Waals surface area contributed by atoms with Crippen molar-refractivity contribution in [2.45, 2.75) is 52.2 Å². The van der Waals surface area contributed by atoms with Gasteiger partial charge in [-0.25, -0.2) is 0 Å². The third kappa shape index (κ3) is 7.96. The van der Waals surface area contributed by atoms with Crippen molar-refractivity contribution in [2.75, 3.05) is 6.61 Å². The van der Waals surface area contributed by atoms with Crippen LogP contribution < -0.4 is 10.1 Å². The first kappa shape index (κ1) is 26.5. The van der Waals surface area contributed by atoms with Crippen LogP contribution in [-0.2, 0) is 29.0 Å². The molecule has 0 radical (unpaired) electrons. The summed E-state index contributed by atoms with van der Waals surface area (Å²) in [5, 5.41) is 3.00. The van der Waals surface area contributed by atoms with Crippen LogP contribution in [0.4, 0.5) is 0 Å². The van der Waals surface area contributed by atoms with Gasteiger partial charge in [0.2, 0.25) is 5.91 Å². The van der Waals surface area contributed by atoms with Crippen LogP contribution in [0.1, 0.15) is 37.5 Å². The van der Waals surface area contributed by atoms with Crippen LogP contribution in [0.5, 0.6) is 5.75 Å². The molecule has 3 rings (SSSR count). The molecule has 1 N–H and O–H groups in total. The molecule has 0 aliphatic heterocycles. The zero-order valence-corrected chi connectivity index (χ0v) is 22.1. The number of aryl methyl sites for hydroxylation is 1. The van der Waals surface area contributed by atoms with Gasteiger partial charge in [0, 0.05) is 19.0 Å². The molecule has 184 valence electrons. The van der Waals surface area contributed by atoms with E-state index < -0.39 is 6.04 Å². The number of amides is 2. The highest BCUT2D eigenvalue weighted by Gasteiger charge is 2.31. The molecule has 3 aromatic carbocycles. The van der Waals surface area contributed by atoms with Gasteiger partial charge in [-0.2, -0.15) is 0 Å². The van der Waals surface area contributed by atoms with Gasteiger partial charge in [-0.1, -0.05) is 73.7 Å². The molecule has 1 atom stereocenters. The Morgan fingerprint density at radius 3 is 2.11 bits per heavy atom. The third-order valence-electron chi connectivity index (χ3n) is 5.65. The molecule has 35 heavy (non-hydrogen) atoms. The summed E-state index contributed by atoms with van der Waals surface area (Å²) in [6, 6.07) is 24.6. The van der Waals surface area contributed by atoms with Gasteiger partial charge in [-0.3, -0.25) is 9.59 Å². The Kier molecular flexibility index (Phi) is 9.91. The van der Waals surface area contributed by atoms with Gasteiger partial charge in [0.1, 0.15) is 11.8 Å². The quantitative estimate of drug-likeness (QED) is 0.349. The zero-order valence-electron chi connectivity index (χ0n) is 20.5. The number of nitrogens with one attached hydrogen (secondary N) is 1. The summed E-state index contributed by atoms with van der Waals surface area (Å²) in [6.45, 7) is 6.06. The van der Waals surface area contributed by atoms with Crippen LogP contribution in [-0.4, -0.2) is 35.4 Å². The van der Waals surface area contributed by atoms with Gasteiger partial charge in [0.15, 0.2) is 6.61 Å². The second-order valence-electron chi connectivity index (χ2n) is 8.78. The number of hydrogen-bond acceptors (Lipinski definition) is 3. The highest BCUT2D eigenvalue weighted by Crippen LogP contribution is 2.26. The third-order valence-corrected chi connectivity index (χ3v) is 6.27. The fourth-order valence-corrected chi connectivity index (χ4v) is 4.36. The first-order valence-corrected chi connectivity index (χ1v) is 12.8. The zero-order chi connectivity index (χ0) is 25.2. The molecule has 0 heterocycles. The summed E-state index contributed by atoms with van der Waals surface area (Å²) in [5.41, 5.74) is 3.11. The molecule has 0 aliphatic rings. The van der Waals surface area contributed by atoms with Crippen molar-refractivity contribution < 1.29 is 14.3 Å². The second-order valence-corrected chi connectivity index (χ2v) is 9.64. The minimum Gasteiger partial charge on any atom is -0.483 e. The maximum absolute atomic E-state index is 13.6. The summed E-state index contributed by atoms with van der Waals surface area (Å²) in [6.07, 6.45) is 1.32. The molecule has 5 nitrogen and oxygen atoms in total. The maximum Gasteiger partial charge on any atom is 0.261 e. The van der Waals surface area contributed by atoms with Crippen molar-refractivity contribution in [1.82, 2.24) is 10.2 Å². The van der Waals surface area contributed by atoms with Crippen molar-refractivity contribution in [2.24, 2.45) is 0 Å². The van der Waals surface area contributed by atoms with Gasteiger partial charge in [-0.15, -0.1) is 0 Å². The number of ether oxygens (including phenoxy) is 1. The molecule has 0 fully saturated rings. The van der Waals surface area contributed by atoms with Gasteiger partial charge in [-0.05, 0) is 65.0 Å². The number of benzene rings is 3. The van der Waals surface area contributed by atoms with Crippen molar-refractivity contribution in [3.8, 4) is 5.75 Å². The molecule has 0 saturated carbocycles. The molecule has 2 amide bonds. The lowest BCUT2D eigenvalue weighted by molar-refractivity contribution is -0.143. The number of halogens is 1. The molecular weight excluding hydrogens is 504 g/mol. The van der Waals surface area contributed by atoms with Gasteiger partial charge >= 0.3 is 0 Å². The van der Waals surface area contributed by atoms with Crippen LogP contribution in [0.2, 0.25) is 0 Å². The van der Waals surface area contributed by atoms with Crippen molar-refractivity contribution in [1.29, 1.82) is 0 Å². The molecule has 0 aromatic heterocycles. The molecule has 0 unspecified atom stereocenters. The summed E-state index contributed by atoms with van der Waals surface area (Å²) in [7, 11) is 0. The summed E-state index contributed by atoms with van der Waals surface area (Å²) in [4.78, 5) is 28.6. The Morgan fingerprint density at radius 2 is 1.54 bits per heavy atom. The molecule has 0 saturated heterocycles. The summed E-state index contributed by atoms with van der Waals surface area (Å²) >= 11 is 3.54. The van der Waals surface area contributed by atoms with Crippen LogP contribution in [0.15, 0.2) is 83.3 Å². The lowest BCUT2D eigenvalue weighted by atomic mass is 10.0. The van der Waals surface area contributed by atoms with E-state index in [4.69, 9.17) is 4.74 Å². The van der Waals surface area contributed by atoms with Crippen LogP contribution in [0.25, 0.3) is 0 Å². The average Bonchev–Trinajstić information content (AvgIpc) is 2.86. The highest BCUT2D eigenvalue weighted by atomic mass is 79.9. The number of rotatable bonds is 11. The van der Waals surface area contributed by atoms with Crippen molar-refractivity contribution in [3.63, 3.8) is 0 Å². The van der Waals surface area contributed by atoms with E-state index in [1.54, 1.807) is 4.90 Å². The van der Waals surface area contributed by atoms with E-state index in [1.807, 2.05) is 92.7 Å². The van der Waals surface area contributed by atoms with E-state index in [0.717, 1.165) is 22.0 Å². The Morgan fingerprint density at radius 1 is 0.914 bits per heavy atom. The first-order chi connectivity index (χ1) is 16.9.